The number of nitrogens with zero attached hydrogens (tertiary/aromatic N) is 2. The van der Waals surface area contributed by atoms with Gasteiger partial charge in [-0.1, -0.05) is 5.16 Å². The first-order valence-corrected chi connectivity index (χ1v) is 8.60. The molecule has 8 nitrogen and oxygen atoms in total. The molecule has 0 saturated carbocycles. The number of amides is 2. The van der Waals surface area contributed by atoms with Gasteiger partial charge in [0.25, 0.3) is 5.91 Å². The fourth-order valence-corrected chi connectivity index (χ4v) is 2.68. The maximum atomic E-state index is 11.8. The molecule has 2 N–H and O–H groups in total. The minimum atomic E-state index is -0.314. The van der Waals surface area contributed by atoms with E-state index in [9.17, 15) is 9.59 Å². The molecule has 3 rings (SSSR count). The van der Waals surface area contributed by atoms with Crippen molar-refractivity contribution in [1.29, 1.82) is 0 Å². The number of aryl methyl sites for hydroxylation is 1. The molecule has 0 aromatic carbocycles. The Morgan fingerprint density at radius 1 is 1.20 bits per heavy atom. The van der Waals surface area contributed by atoms with Gasteiger partial charge in [-0.15, -0.1) is 0 Å². The molecule has 0 aliphatic carbocycles. The minimum absolute atomic E-state index is 0.150. The van der Waals surface area contributed by atoms with Crippen LogP contribution >= 0.6 is 11.3 Å². The van der Waals surface area contributed by atoms with Crippen LogP contribution in [0.5, 0.6) is 0 Å². The molecule has 0 aliphatic rings. The number of carbonyl (C=O) groups is 2. The SMILES string of the molecule is O=C(CCc1nc(-c2ccsc2)no1)NCCNC(=O)c1ccco1. The molecule has 0 saturated heterocycles. The Morgan fingerprint density at radius 2 is 2.08 bits per heavy atom. The van der Waals surface area contributed by atoms with Gasteiger partial charge in [-0.05, 0) is 23.6 Å². The molecule has 3 heterocycles. The zero-order valence-electron chi connectivity index (χ0n) is 13.2. The van der Waals surface area contributed by atoms with Gasteiger partial charge in [0.1, 0.15) is 0 Å². The van der Waals surface area contributed by atoms with E-state index in [1.165, 1.54) is 6.26 Å². The number of rotatable bonds is 8. The van der Waals surface area contributed by atoms with Gasteiger partial charge in [0, 0.05) is 36.9 Å². The van der Waals surface area contributed by atoms with E-state index in [2.05, 4.69) is 20.8 Å². The lowest BCUT2D eigenvalue weighted by Gasteiger charge is -2.05. The van der Waals surface area contributed by atoms with Crippen LogP contribution < -0.4 is 10.6 Å². The third kappa shape index (κ3) is 4.77. The van der Waals surface area contributed by atoms with Crippen LogP contribution in [-0.2, 0) is 11.2 Å². The van der Waals surface area contributed by atoms with Crippen LogP contribution in [0.25, 0.3) is 11.4 Å². The van der Waals surface area contributed by atoms with Gasteiger partial charge < -0.3 is 19.6 Å². The molecule has 0 aliphatic heterocycles. The normalized spacial score (nSPS) is 10.6. The predicted molar refractivity (Wildman–Crippen MR) is 90.0 cm³/mol. The van der Waals surface area contributed by atoms with E-state index in [1.807, 2.05) is 16.8 Å². The maximum absolute atomic E-state index is 11.8. The van der Waals surface area contributed by atoms with Crippen molar-refractivity contribution in [1.82, 2.24) is 20.8 Å². The summed E-state index contributed by atoms with van der Waals surface area (Å²) in [6.45, 7) is 0.642. The molecule has 9 heteroatoms. The van der Waals surface area contributed by atoms with Crippen molar-refractivity contribution >= 4 is 23.2 Å². The third-order valence-electron chi connectivity index (χ3n) is 3.29. The number of hydrogen-bond donors (Lipinski definition) is 2. The Morgan fingerprint density at radius 3 is 2.84 bits per heavy atom. The van der Waals surface area contributed by atoms with Crippen LogP contribution in [0.15, 0.2) is 44.2 Å². The summed E-state index contributed by atoms with van der Waals surface area (Å²) in [5, 5.41) is 13.1. The second-order valence-electron chi connectivity index (χ2n) is 5.11. The molecule has 0 radical (unpaired) electrons. The number of carbonyl (C=O) groups excluding carboxylic acids is 2. The first-order valence-electron chi connectivity index (χ1n) is 7.66. The molecular weight excluding hydrogens is 344 g/mol. The summed E-state index contributed by atoms with van der Waals surface area (Å²) in [7, 11) is 0. The summed E-state index contributed by atoms with van der Waals surface area (Å²) >= 11 is 1.55. The summed E-state index contributed by atoms with van der Waals surface area (Å²) in [4.78, 5) is 27.7. The lowest BCUT2D eigenvalue weighted by atomic mass is 10.3. The van der Waals surface area contributed by atoms with E-state index < -0.39 is 0 Å². The third-order valence-corrected chi connectivity index (χ3v) is 3.97. The Kier molecular flexibility index (Phi) is 5.57. The number of nitrogens with one attached hydrogen (secondary N) is 2. The van der Waals surface area contributed by atoms with Crippen LogP contribution in [0.1, 0.15) is 22.9 Å². The summed E-state index contributed by atoms with van der Waals surface area (Å²) in [5.74, 6) is 0.720. The highest BCUT2D eigenvalue weighted by atomic mass is 32.1. The van der Waals surface area contributed by atoms with Crippen molar-refractivity contribution in [3.8, 4) is 11.4 Å². The van der Waals surface area contributed by atoms with Crippen LogP contribution in [-0.4, -0.2) is 35.0 Å². The van der Waals surface area contributed by atoms with Gasteiger partial charge in [0.15, 0.2) is 5.76 Å². The van der Waals surface area contributed by atoms with E-state index >= 15 is 0 Å². The molecule has 130 valence electrons. The lowest BCUT2D eigenvalue weighted by Crippen LogP contribution is -2.34. The van der Waals surface area contributed by atoms with Crippen molar-refractivity contribution in [3.05, 3.63) is 46.9 Å². The second kappa shape index (κ2) is 8.25. The van der Waals surface area contributed by atoms with E-state index in [0.717, 1.165) is 5.56 Å². The zero-order valence-corrected chi connectivity index (χ0v) is 14.0. The van der Waals surface area contributed by atoms with Crippen LogP contribution in [0.4, 0.5) is 0 Å². The summed E-state index contributed by atoms with van der Waals surface area (Å²) in [6, 6.07) is 5.11. The number of thiophene rings is 1. The predicted octanol–water partition coefficient (Wildman–Crippen LogP) is 1.87. The average Bonchev–Trinajstić information content (AvgIpc) is 3.37. The Hall–Kier alpha value is -2.94. The zero-order chi connectivity index (χ0) is 17.5. The molecule has 3 aromatic heterocycles. The van der Waals surface area contributed by atoms with E-state index in [-0.39, 0.29) is 24.0 Å². The highest BCUT2D eigenvalue weighted by Crippen LogP contribution is 2.18. The lowest BCUT2D eigenvalue weighted by molar-refractivity contribution is -0.121. The molecule has 0 unspecified atom stereocenters. The highest BCUT2D eigenvalue weighted by molar-refractivity contribution is 7.08. The van der Waals surface area contributed by atoms with Crippen LogP contribution in [0.2, 0.25) is 0 Å². The summed E-state index contributed by atoms with van der Waals surface area (Å²) < 4.78 is 10.1. The Balaban J connectivity index is 1.34. The molecule has 0 bridgehead atoms. The standard InChI is InChI=1S/C16H16N4O4S/c21-13(17-6-7-18-16(22)12-2-1-8-23-12)3-4-14-19-15(20-24-14)11-5-9-25-10-11/h1-2,5,8-10H,3-4,6-7H2,(H,17,21)(H,18,22). The van der Waals surface area contributed by atoms with Crippen molar-refractivity contribution in [2.75, 3.05) is 13.1 Å². The minimum Gasteiger partial charge on any atom is -0.459 e. The van der Waals surface area contributed by atoms with Gasteiger partial charge >= 0.3 is 0 Å². The van der Waals surface area contributed by atoms with Crippen molar-refractivity contribution < 1.29 is 18.5 Å². The molecule has 0 spiro atoms. The van der Waals surface area contributed by atoms with E-state index in [1.54, 1.807) is 23.5 Å². The van der Waals surface area contributed by atoms with Gasteiger partial charge in [0.2, 0.25) is 17.6 Å². The molecule has 0 atom stereocenters. The van der Waals surface area contributed by atoms with Crippen molar-refractivity contribution in [3.63, 3.8) is 0 Å². The molecular formula is C16H16N4O4S. The molecule has 3 aromatic rings. The first kappa shape index (κ1) is 16.9. The second-order valence-corrected chi connectivity index (χ2v) is 5.89. The number of furan rings is 1. The highest BCUT2D eigenvalue weighted by Gasteiger charge is 2.11. The molecule has 0 fully saturated rings. The largest absolute Gasteiger partial charge is 0.459 e. The summed E-state index contributed by atoms with van der Waals surface area (Å²) in [5.41, 5.74) is 0.900. The first-order chi connectivity index (χ1) is 12.2. The molecule has 25 heavy (non-hydrogen) atoms. The van der Waals surface area contributed by atoms with Gasteiger partial charge in [-0.3, -0.25) is 9.59 Å². The van der Waals surface area contributed by atoms with Crippen LogP contribution in [0.3, 0.4) is 0 Å². The van der Waals surface area contributed by atoms with Gasteiger partial charge in [-0.25, -0.2) is 0 Å². The van der Waals surface area contributed by atoms with Gasteiger partial charge in [-0.2, -0.15) is 16.3 Å². The monoisotopic (exact) mass is 360 g/mol. The fourth-order valence-electron chi connectivity index (χ4n) is 2.05. The summed E-state index contributed by atoms with van der Waals surface area (Å²) in [6.07, 6.45) is 2.02. The topological polar surface area (TPSA) is 110 Å². The van der Waals surface area contributed by atoms with E-state index in [0.29, 0.717) is 31.2 Å². The van der Waals surface area contributed by atoms with Crippen molar-refractivity contribution in [2.45, 2.75) is 12.8 Å². The van der Waals surface area contributed by atoms with E-state index in [4.69, 9.17) is 8.94 Å². The average molecular weight is 360 g/mol. The number of hydrogen-bond acceptors (Lipinski definition) is 7. The van der Waals surface area contributed by atoms with Crippen LogP contribution in [0, 0.1) is 0 Å². The maximum Gasteiger partial charge on any atom is 0.287 e. The number of aromatic nitrogens is 2. The Labute approximate surface area is 147 Å². The Bertz CT molecular complexity index is 811. The van der Waals surface area contributed by atoms with Crippen molar-refractivity contribution in [2.24, 2.45) is 0 Å². The fraction of sp³-hybridized carbons (Fsp3) is 0.250. The van der Waals surface area contributed by atoms with Gasteiger partial charge in [0.05, 0.1) is 6.26 Å². The smallest absolute Gasteiger partial charge is 0.287 e. The molecule has 2 amide bonds. The quantitative estimate of drug-likeness (QED) is 0.593.